The largest absolute Gasteiger partial charge is 0.397 e. The van der Waals surface area contributed by atoms with Crippen LogP contribution in [-0.4, -0.2) is 17.8 Å². The van der Waals surface area contributed by atoms with Crippen LogP contribution in [0.4, 0.5) is 11.4 Å². The number of hydrogen-bond donors (Lipinski definition) is 3. The van der Waals surface area contributed by atoms with Crippen LogP contribution < -0.4 is 11.1 Å². The fraction of sp³-hybridized carbons (Fsp3) is 0.500. The highest BCUT2D eigenvalue weighted by atomic mass is 16.3. The van der Waals surface area contributed by atoms with Gasteiger partial charge in [-0.2, -0.15) is 5.26 Å². The smallest absolute Gasteiger partial charge is 0.0992 e. The molecule has 4 heteroatoms. The van der Waals surface area contributed by atoms with E-state index in [2.05, 4.69) is 11.4 Å². The molecular weight excluding hydrogens is 226 g/mol. The molecule has 1 aromatic carbocycles. The van der Waals surface area contributed by atoms with Gasteiger partial charge >= 0.3 is 0 Å². The van der Waals surface area contributed by atoms with Crippen molar-refractivity contribution in [2.75, 3.05) is 17.6 Å². The summed E-state index contributed by atoms with van der Waals surface area (Å²) in [6, 6.07) is 7.34. The third-order valence-electron chi connectivity index (χ3n) is 3.52. The molecule has 4 nitrogen and oxygen atoms in total. The second kappa shape index (κ2) is 5.74. The van der Waals surface area contributed by atoms with Crippen LogP contribution in [0.5, 0.6) is 0 Å². The summed E-state index contributed by atoms with van der Waals surface area (Å²) < 4.78 is 0. The van der Waals surface area contributed by atoms with E-state index in [1.807, 2.05) is 0 Å². The van der Waals surface area contributed by atoms with Crippen LogP contribution in [0.25, 0.3) is 0 Å². The van der Waals surface area contributed by atoms with Gasteiger partial charge in [0.05, 0.1) is 29.1 Å². The van der Waals surface area contributed by atoms with Gasteiger partial charge in [0.15, 0.2) is 0 Å². The highest BCUT2D eigenvalue weighted by Gasteiger charge is 2.19. The number of nitrogens with zero attached hydrogens (tertiary/aromatic N) is 1. The van der Waals surface area contributed by atoms with Gasteiger partial charge in [-0.1, -0.05) is 6.42 Å². The molecule has 2 atom stereocenters. The molecule has 0 aliphatic heterocycles. The number of nitrogens with two attached hydrogens (primary N) is 1. The first-order valence-electron chi connectivity index (χ1n) is 6.40. The topological polar surface area (TPSA) is 82.1 Å². The molecule has 18 heavy (non-hydrogen) atoms. The van der Waals surface area contributed by atoms with E-state index in [0.29, 0.717) is 17.2 Å². The van der Waals surface area contributed by atoms with Crippen LogP contribution in [0.2, 0.25) is 0 Å². The lowest BCUT2D eigenvalue weighted by Crippen LogP contribution is -2.25. The molecule has 1 aromatic rings. The predicted molar refractivity (Wildman–Crippen MR) is 72.0 cm³/mol. The summed E-state index contributed by atoms with van der Waals surface area (Å²) in [5.41, 5.74) is 7.94. The van der Waals surface area contributed by atoms with Crippen molar-refractivity contribution in [2.45, 2.75) is 31.8 Å². The molecular formula is C14H19N3O. The van der Waals surface area contributed by atoms with E-state index in [9.17, 15) is 5.11 Å². The second-order valence-corrected chi connectivity index (χ2v) is 4.98. The van der Waals surface area contributed by atoms with Gasteiger partial charge in [0.2, 0.25) is 0 Å². The zero-order valence-electron chi connectivity index (χ0n) is 10.4. The quantitative estimate of drug-likeness (QED) is 0.712. The lowest BCUT2D eigenvalue weighted by atomic mass is 9.87. The van der Waals surface area contributed by atoms with Crippen LogP contribution in [0.1, 0.15) is 31.2 Å². The van der Waals surface area contributed by atoms with Gasteiger partial charge in [-0.15, -0.1) is 0 Å². The van der Waals surface area contributed by atoms with Crippen LogP contribution in [0, 0.1) is 17.2 Å². The Balaban J connectivity index is 1.95. The molecule has 0 amide bonds. The molecule has 0 bridgehead atoms. The number of rotatable bonds is 3. The molecule has 0 heterocycles. The summed E-state index contributed by atoms with van der Waals surface area (Å²) in [4.78, 5) is 0. The van der Waals surface area contributed by atoms with Crippen molar-refractivity contribution in [3.05, 3.63) is 23.8 Å². The van der Waals surface area contributed by atoms with E-state index in [0.717, 1.165) is 37.9 Å². The number of nitrogens with one attached hydrogen (secondary N) is 1. The zero-order chi connectivity index (χ0) is 13.0. The van der Waals surface area contributed by atoms with E-state index in [1.54, 1.807) is 18.2 Å². The average Bonchev–Trinajstić information content (AvgIpc) is 2.38. The number of nitrogen functional groups attached to an aromatic ring is 1. The summed E-state index contributed by atoms with van der Waals surface area (Å²) in [7, 11) is 0. The fourth-order valence-electron chi connectivity index (χ4n) is 2.48. The van der Waals surface area contributed by atoms with Crippen LogP contribution in [0.15, 0.2) is 18.2 Å². The van der Waals surface area contributed by atoms with E-state index in [1.165, 1.54) is 0 Å². The van der Waals surface area contributed by atoms with Crippen molar-refractivity contribution in [1.82, 2.24) is 0 Å². The van der Waals surface area contributed by atoms with E-state index in [4.69, 9.17) is 11.0 Å². The minimum atomic E-state index is -0.159. The number of anilines is 2. The summed E-state index contributed by atoms with van der Waals surface area (Å²) in [6.45, 7) is 0.802. The maximum atomic E-state index is 9.62. The van der Waals surface area contributed by atoms with Gasteiger partial charge in [0.25, 0.3) is 0 Å². The third kappa shape index (κ3) is 3.14. The lowest BCUT2D eigenvalue weighted by molar-refractivity contribution is 0.105. The molecule has 0 aromatic heterocycles. The standard InChI is InChI=1S/C14H19N3O/c15-8-10-4-5-13(16)14(7-10)17-9-11-2-1-3-12(18)6-11/h4-5,7,11-12,17-18H,1-3,6,9,16H2. The third-order valence-corrected chi connectivity index (χ3v) is 3.52. The molecule has 1 aliphatic carbocycles. The van der Waals surface area contributed by atoms with Crippen molar-refractivity contribution < 1.29 is 5.11 Å². The predicted octanol–water partition coefficient (Wildman–Crippen LogP) is 2.10. The Morgan fingerprint density at radius 1 is 1.44 bits per heavy atom. The molecule has 2 rings (SSSR count). The number of aliphatic hydroxyl groups excluding tert-OH is 1. The number of aliphatic hydroxyl groups is 1. The molecule has 0 saturated heterocycles. The first-order valence-corrected chi connectivity index (χ1v) is 6.40. The zero-order valence-corrected chi connectivity index (χ0v) is 10.4. The fourth-order valence-corrected chi connectivity index (χ4v) is 2.48. The van der Waals surface area contributed by atoms with Crippen molar-refractivity contribution in [2.24, 2.45) is 5.92 Å². The van der Waals surface area contributed by atoms with Gasteiger partial charge in [-0.05, 0) is 43.4 Å². The number of hydrogen-bond acceptors (Lipinski definition) is 4. The Morgan fingerprint density at radius 2 is 2.28 bits per heavy atom. The first-order chi connectivity index (χ1) is 8.69. The molecule has 1 fully saturated rings. The molecule has 0 radical (unpaired) electrons. The Kier molecular flexibility index (Phi) is 4.06. The molecule has 1 aliphatic rings. The van der Waals surface area contributed by atoms with Gasteiger partial charge in [-0.25, -0.2) is 0 Å². The first kappa shape index (κ1) is 12.7. The van der Waals surface area contributed by atoms with E-state index in [-0.39, 0.29) is 6.10 Å². The Bertz CT molecular complexity index is 453. The Morgan fingerprint density at radius 3 is 3.00 bits per heavy atom. The van der Waals surface area contributed by atoms with E-state index >= 15 is 0 Å². The maximum Gasteiger partial charge on any atom is 0.0992 e. The highest BCUT2D eigenvalue weighted by Crippen LogP contribution is 2.26. The molecule has 0 spiro atoms. The van der Waals surface area contributed by atoms with Crippen molar-refractivity contribution >= 4 is 11.4 Å². The van der Waals surface area contributed by atoms with Crippen molar-refractivity contribution in [3.8, 4) is 6.07 Å². The second-order valence-electron chi connectivity index (χ2n) is 4.98. The van der Waals surface area contributed by atoms with Crippen LogP contribution in [0.3, 0.4) is 0 Å². The van der Waals surface area contributed by atoms with Crippen molar-refractivity contribution in [1.29, 1.82) is 5.26 Å². The minimum Gasteiger partial charge on any atom is -0.397 e. The van der Waals surface area contributed by atoms with Crippen LogP contribution in [-0.2, 0) is 0 Å². The average molecular weight is 245 g/mol. The number of benzene rings is 1. The summed E-state index contributed by atoms with van der Waals surface area (Å²) in [5, 5.41) is 21.8. The van der Waals surface area contributed by atoms with Crippen molar-refractivity contribution in [3.63, 3.8) is 0 Å². The van der Waals surface area contributed by atoms with Crippen LogP contribution >= 0.6 is 0 Å². The minimum absolute atomic E-state index is 0.159. The van der Waals surface area contributed by atoms with E-state index < -0.39 is 0 Å². The molecule has 4 N–H and O–H groups in total. The molecule has 2 unspecified atom stereocenters. The highest BCUT2D eigenvalue weighted by molar-refractivity contribution is 5.68. The van der Waals surface area contributed by atoms with Gasteiger partial charge in [0.1, 0.15) is 0 Å². The van der Waals surface area contributed by atoms with Gasteiger partial charge in [-0.3, -0.25) is 0 Å². The lowest BCUT2D eigenvalue weighted by Gasteiger charge is -2.26. The summed E-state index contributed by atoms with van der Waals surface area (Å²) >= 11 is 0. The molecule has 1 saturated carbocycles. The number of nitriles is 1. The SMILES string of the molecule is N#Cc1ccc(N)c(NCC2CCCC(O)C2)c1. The molecule has 96 valence electrons. The van der Waals surface area contributed by atoms with Gasteiger partial charge < -0.3 is 16.2 Å². The normalized spacial score (nSPS) is 23.3. The summed E-state index contributed by atoms with van der Waals surface area (Å²) in [5.74, 6) is 0.485. The van der Waals surface area contributed by atoms with Gasteiger partial charge in [0, 0.05) is 6.54 Å². The Labute approximate surface area is 107 Å². The Hall–Kier alpha value is -1.73. The maximum absolute atomic E-state index is 9.62. The summed E-state index contributed by atoms with van der Waals surface area (Å²) in [6.07, 6.45) is 3.84. The monoisotopic (exact) mass is 245 g/mol.